The Morgan fingerprint density at radius 3 is 2.90 bits per heavy atom. The number of hydrogen-bond donors (Lipinski definition) is 2. The maximum atomic E-state index is 6.27. The molecule has 1 fully saturated rings. The molecule has 0 atom stereocenters. The molecule has 3 N–H and O–H groups in total. The number of aromatic nitrogens is 3. The molecule has 1 saturated carbocycles. The fourth-order valence-electron chi connectivity index (χ4n) is 2.68. The van der Waals surface area contributed by atoms with E-state index in [4.69, 9.17) is 10.2 Å². The number of hydrogen-bond acceptors (Lipinski definition) is 4. The van der Waals surface area contributed by atoms with E-state index in [-0.39, 0.29) is 5.54 Å². The summed E-state index contributed by atoms with van der Waals surface area (Å²) in [7, 11) is 0. The van der Waals surface area contributed by atoms with Crippen molar-refractivity contribution in [2.24, 2.45) is 5.73 Å². The first-order chi connectivity index (χ1) is 9.66. The summed E-state index contributed by atoms with van der Waals surface area (Å²) in [4.78, 5) is 12.2. The first kappa shape index (κ1) is 11.7. The molecule has 102 valence electrons. The van der Waals surface area contributed by atoms with E-state index < -0.39 is 0 Å². The molecule has 0 saturated heterocycles. The van der Waals surface area contributed by atoms with Crippen molar-refractivity contribution in [1.82, 2.24) is 15.0 Å². The van der Waals surface area contributed by atoms with Crippen molar-refractivity contribution >= 4 is 11.1 Å². The molecule has 5 nitrogen and oxygen atoms in total. The van der Waals surface area contributed by atoms with Gasteiger partial charge in [-0.25, -0.2) is 9.97 Å². The predicted octanol–water partition coefficient (Wildman–Crippen LogP) is 2.86. The third kappa shape index (κ3) is 1.59. The largest absolute Gasteiger partial charge is 0.435 e. The van der Waals surface area contributed by atoms with Crippen LogP contribution in [0.25, 0.3) is 22.7 Å². The van der Waals surface area contributed by atoms with Crippen LogP contribution in [0, 0.1) is 6.92 Å². The predicted molar refractivity (Wildman–Crippen MR) is 76.0 cm³/mol. The first-order valence-electron chi connectivity index (χ1n) is 6.87. The van der Waals surface area contributed by atoms with Gasteiger partial charge in [0.15, 0.2) is 5.58 Å². The second kappa shape index (κ2) is 3.93. The average Bonchev–Trinajstić information content (AvgIpc) is 3.02. The van der Waals surface area contributed by atoms with Crippen LogP contribution in [0.4, 0.5) is 0 Å². The van der Waals surface area contributed by atoms with Crippen molar-refractivity contribution in [1.29, 1.82) is 0 Å². The molecule has 1 aliphatic rings. The molecule has 0 aliphatic heterocycles. The summed E-state index contributed by atoms with van der Waals surface area (Å²) in [6.45, 7) is 2.02. The minimum absolute atomic E-state index is 0.291. The quantitative estimate of drug-likeness (QED) is 0.748. The van der Waals surface area contributed by atoms with Crippen molar-refractivity contribution < 1.29 is 4.42 Å². The van der Waals surface area contributed by atoms with Gasteiger partial charge in [0.25, 0.3) is 0 Å². The molecule has 20 heavy (non-hydrogen) atoms. The Balaban J connectivity index is 1.77. The molecule has 1 aliphatic carbocycles. The number of aromatic amines is 1. The Hall–Kier alpha value is -2.14. The van der Waals surface area contributed by atoms with Crippen LogP contribution in [-0.2, 0) is 5.54 Å². The smallest absolute Gasteiger partial charge is 0.245 e. The lowest BCUT2D eigenvalue weighted by Crippen LogP contribution is -2.44. The van der Waals surface area contributed by atoms with Gasteiger partial charge in [0.1, 0.15) is 17.0 Å². The number of rotatable bonds is 2. The molecule has 0 amide bonds. The topological polar surface area (TPSA) is 80.7 Å². The summed E-state index contributed by atoms with van der Waals surface area (Å²) in [5, 5.41) is 0. The maximum absolute atomic E-state index is 6.27. The molecule has 4 rings (SSSR count). The van der Waals surface area contributed by atoms with Crippen molar-refractivity contribution in [3.05, 3.63) is 35.8 Å². The highest BCUT2D eigenvalue weighted by Crippen LogP contribution is 2.37. The van der Waals surface area contributed by atoms with E-state index in [0.717, 1.165) is 47.4 Å². The first-order valence-corrected chi connectivity index (χ1v) is 6.87. The molecule has 0 bridgehead atoms. The van der Waals surface area contributed by atoms with Crippen LogP contribution >= 0.6 is 0 Å². The Kier molecular flexibility index (Phi) is 2.29. The van der Waals surface area contributed by atoms with Crippen LogP contribution < -0.4 is 5.73 Å². The van der Waals surface area contributed by atoms with Gasteiger partial charge < -0.3 is 15.1 Å². The lowest BCUT2D eigenvalue weighted by atomic mass is 9.77. The molecule has 0 spiro atoms. The molecule has 2 heterocycles. The minimum atomic E-state index is -0.291. The number of imidazole rings is 1. The Labute approximate surface area is 116 Å². The summed E-state index contributed by atoms with van der Waals surface area (Å²) in [6, 6.07) is 5.91. The molecule has 1 aromatic carbocycles. The van der Waals surface area contributed by atoms with Crippen molar-refractivity contribution in [3.8, 4) is 11.6 Å². The van der Waals surface area contributed by atoms with E-state index in [9.17, 15) is 0 Å². The van der Waals surface area contributed by atoms with E-state index in [2.05, 4.69) is 15.0 Å². The minimum Gasteiger partial charge on any atom is -0.435 e. The molecule has 3 aromatic rings. The van der Waals surface area contributed by atoms with Gasteiger partial charge in [0.2, 0.25) is 5.89 Å². The third-order valence-corrected chi connectivity index (χ3v) is 4.14. The number of fused-ring (bicyclic) bond motifs is 1. The van der Waals surface area contributed by atoms with Gasteiger partial charge in [0.05, 0.1) is 11.7 Å². The van der Waals surface area contributed by atoms with Gasteiger partial charge >= 0.3 is 0 Å². The van der Waals surface area contributed by atoms with Crippen LogP contribution in [0.1, 0.15) is 30.7 Å². The second-order valence-corrected chi connectivity index (χ2v) is 5.60. The number of H-pyrrole nitrogens is 1. The van der Waals surface area contributed by atoms with Crippen LogP contribution in [0.5, 0.6) is 0 Å². The fraction of sp³-hybridized carbons (Fsp3) is 0.333. The SMILES string of the molecule is Cc1cccc2oc(-c3cnc(C4(N)CCC4)[nH]3)nc12. The number of nitrogens with two attached hydrogens (primary N) is 1. The summed E-state index contributed by atoms with van der Waals surface area (Å²) < 4.78 is 5.79. The van der Waals surface area contributed by atoms with E-state index >= 15 is 0 Å². The van der Waals surface area contributed by atoms with Crippen LogP contribution in [0.15, 0.2) is 28.8 Å². The lowest BCUT2D eigenvalue weighted by Gasteiger charge is -2.35. The van der Waals surface area contributed by atoms with Gasteiger partial charge in [-0.1, -0.05) is 12.1 Å². The Morgan fingerprint density at radius 1 is 1.35 bits per heavy atom. The second-order valence-electron chi connectivity index (χ2n) is 5.60. The molecular weight excluding hydrogens is 252 g/mol. The maximum Gasteiger partial charge on any atom is 0.245 e. The van der Waals surface area contributed by atoms with Gasteiger partial charge in [-0.3, -0.25) is 0 Å². The zero-order valence-corrected chi connectivity index (χ0v) is 11.3. The van der Waals surface area contributed by atoms with Crippen LogP contribution in [0.3, 0.4) is 0 Å². The molecule has 0 radical (unpaired) electrons. The molecule has 5 heteroatoms. The van der Waals surface area contributed by atoms with E-state index in [0.29, 0.717) is 5.89 Å². The number of nitrogens with one attached hydrogen (secondary N) is 1. The molecule has 0 unspecified atom stereocenters. The van der Waals surface area contributed by atoms with Crippen molar-refractivity contribution in [2.75, 3.05) is 0 Å². The molecule has 2 aromatic heterocycles. The van der Waals surface area contributed by atoms with E-state index in [1.165, 1.54) is 0 Å². The van der Waals surface area contributed by atoms with Gasteiger partial charge in [0, 0.05) is 0 Å². The van der Waals surface area contributed by atoms with Crippen LogP contribution in [-0.4, -0.2) is 15.0 Å². The number of para-hydroxylation sites is 1. The monoisotopic (exact) mass is 268 g/mol. The zero-order chi connectivity index (χ0) is 13.7. The zero-order valence-electron chi connectivity index (χ0n) is 11.3. The summed E-state index contributed by atoms with van der Waals surface area (Å²) in [5.74, 6) is 1.40. The van der Waals surface area contributed by atoms with E-state index in [1.54, 1.807) is 6.20 Å². The summed E-state index contributed by atoms with van der Waals surface area (Å²) in [5.41, 5.74) is 9.55. The summed E-state index contributed by atoms with van der Waals surface area (Å²) >= 11 is 0. The number of benzene rings is 1. The highest BCUT2D eigenvalue weighted by molar-refractivity contribution is 5.78. The summed E-state index contributed by atoms with van der Waals surface area (Å²) in [6.07, 6.45) is 4.87. The normalized spacial score (nSPS) is 17.3. The third-order valence-electron chi connectivity index (χ3n) is 4.14. The highest BCUT2D eigenvalue weighted by Gasteiger charge is 2.37. The van der Waals surface area contributed by atoms with Crippen molar-refractivity contribution in [3.63, 3.8) is 0 Å². The number of nitrogens with zero attached hydrogens (tertiary/aromatic N) is 2. The van der Waals surface area contributed by atoms with Gasteiger partial charge in [-0.05, 0) is 37.8 Å². The fourth-order valence-corrected chi connectivity index (χ4v) is 2.68. The number of oxazole rings is 1. The Morgan fingerprint density at radius 2 is 2.20 bits per heavy atom. The van der Waals surface area contributed by atoms with Gasteiger partial charge in [-0.2, -0.15) is 0 Å². The van der Waals surface area contributed by atoms with Crippen molar-refractivity contribution in [2.45, 2.75) is 31.7 Å². The molecular formula is C15H16N4O. The lowest BCUT2D eigenvalue weighted by molar-refractivity contribution is 0.240. The van der Waals surface area contributed by atoms with E-state index in [1.807, 2.05) is 25.1 Å². The number of aryl methyl sites for hydroxylation is 1. The Bertz CT molecular complexity index is 782. The van der Waals surface area contributed by atoms with Crippen LogP contribution in [0.2, 0.25) is 0 Å². The average molecular weight is 268 g/mol. The van der Waals surface area contributed by atoms with Gasteiger partial charge in [-0.15, -0.1) is 0 Å². The standard InChI is InChI=1S/C15H16N4O/c1-9-4-2-5-11-12(9)19-13(20-11)10-8-17-14(18-10)15(16)6-3-7-15/h2,4-5,8H,3,6-7,16H2,1H3,(H,17,18). The highest BCUT2D eigenvalue weighted by atomic mass is 16.3.